The number of hydrogen-bond acceptors (Lipinski definition) is 4. The van der Waals surface area contributed by atoms with Crippen LogP contribution in [0.1, 0.15) is 17.2 Å². The van der Waals surface area contributed by atoms with Crippen molar-refractivity contribution in [1.29, 1.82) is 0 Å². The van der Waals surface area contributed by atoms with E-state index in [9.17, 15) is 20.3 Å². The average molecular weight is 246 g/mol. The third kappa shape index (κ3) is 2.91. The van der Waals surface area contributed by atoms with Crippen molar-refractivity contribution in [3.05, 3.63) is 39.4 Å². The van der Waals surface area contributed by atoms with Crippen LogP contribution in [-0.4, -0.2) is 27.1 Å². The molecule has 2 N–H and O–H groups in total. The lowest BCUT2D eigenvalue weighted by Crippen LogP contribution is -2.19. The van der Waals surface area contributed by atoms with Gasteiger partial charge in [-0.25, -0.2) is 0 Å². The molecule has 2 unspecified atom stereocenters. The number of alkyl halides is 1. The number of nitro benzene ring substituents is 1. The summed E-state index contributed by atoms with van der Waals surface area (Å²) in [5, 5.41) is 29.6. The predicted molar refractivity (Wildman–Crippen MR) is 59.5 cm³/mol. The van der Waals surface area contributed by atoms with E-state index in [-0.39, 0.29) is 11.6 Å². The highest BCUT2D eigenvalue weighted by Crippen LogP contribution is 2.24. The molecule has 1 aromatic rings. The second-order valence-corrected chi connectivity index (χ2v) is 3.83. The highest BCUT2D eigenvalue weighted by Gasteiger charge is 2.20. The van der Waals surface area contributed by atoms with Gasteiger partial charge >= 0.3 is 0 Å². The number of aryl methyl sites for hydroxylation is 1. The summed E-state index contributed by atoms with van der Waals surface area (Å²) in [5.41, 5.74) is 0.820. The molecule has 1 rings (SSSR count). The smallest absolute Gasteiger partial charge is 0.270 e. The second-order valence-electron chi connectivity index (χ2n) is 3.53. The first-order valence-electron chi connectivity index (χ1n) is 4.63. The molecule has 0 saturated heterocycles. The first kappa shape index (κ1) is 12.9. The van der Waals surface area contributed by atoms with E-state index in [4.69, 9.17) is 11.6 Å². The molecule has 0 aromatic heterocycles. The van der Waals surface area contributed by atoms with Gasteiger partial charge in [0.05, 0.1) is 16.9 Å². The number of aliphatic hydroxyl groups excluding tert-OH is 2. The molecule has 0 aliphatic heterocycles. The Balaban J connectivity index is 3.09. The Morgan fingerprint density at radius 1 is 1.44 bits per heavy atom. The maximum Gasteiger partial charge on any atom is 0.270 e. The molecule has 0 saturated carbocycles. The lowest BCUT2D eigenvalue weighted by atomic mass is 10.0. The van der Waals surface area contributed by atoms with Crippen molar-refractivity contribution >= 4 is 17.3 Å². The Kier molecular flexibility index (Phi) is 4.23. The zero-order valence-electron chi connectivity index (χ0n) is 8.63. The molecule has 0 bridgehead atoms. The van der Waals surface area contributed by atoms with Crippen LogP contribution in [0.5, 0.6) is 0 Å². The van der Waals surface area contributed by atoms with Gasteiger partial charge in [0.15, 0.2) is 0 Å². The van der Waals surface area contributed by atoms with Gasteiger partial charge in [0, 0.05) is 12.1 Å². The Labute approximate surface area is 97.4 Å². The van der Waals surface area contributed by atoms with Gasteiger partial charge in [-0.3, -0.25) is 10.1 Å². The standard InChI is InChI=1S/C10H12ClNO4/c1-6-2-7(10(14)9(13)5-11)4-8(3-6)12(15)16/h2-4,9-10,13-14H,5H2,1H3. The highest BCUT2D eigenvalue weighted by molar-refractivity contribution is 6.18. The van der Waals surface area contributed by atoms with E-state index >= 15 is 0 Å². The normalized spacial score (nSPS) is 14.5. The lowest BCUT2D eigenvalue weighted by Gasteiger charge is -2.15. The minimum atomic E-state index is -1.21. The van der Waals surface area contributed by atoms with Crippen molar-refractivity contribution in [3.63, 3.8) is 0 Å². The topological polar surface area (TPSA) is 83.6 Å². The van der Waals surface area contributed by atoms with Gasteiger partial charge in [-0.15, -0.1) is 11.6 Å². The van der Waals surface area contributed by atoms with Crippen LogP contribution in [0.2, 0.25) is 0 Å². The van der Waals surface area contributed by atoms with Crippen molar-refractivity contribution in [2.45, 2.75) is 19.1 Å². The third-order valence-corrected chi connectivity index (χ3v) is 2.48. The molecular formula is C10H12ClNO4. The summed E-state index contributed by atoms with van der Waals surface area (Å²) in [7, 11) is 0. The summed E-state index contributed by atoms with van der Waals surface area (Å²) < 4.78 is 0. The summed E-state index contributed by atoms with van der Waals surface area (Å²) in [6, 6.07) is 4.20. The Morgan fingerprint density at radius 3 is 2.56 bits per heavy atom. The minimum Gasteiger partial charge on any atom is -0.389 e. The van der Waals surface area contributed by atoms with E-state index in [2.05, 4.69) is 0 Å². The van der Waals surface area contributed by atoms with E-state index in [0.717, 1.165) is 0 Å². The summed E-state index contributed by atoms with van der Waals surface area (Å²) >= 11 is 5.39. The first-order valence-corrected chi connectivity index (χ1v) is 5.17. The summed E-state index contributed by atoms with van der Waals surface area (Å²) in [6.45, 7) is 1.68. The van der Waals surface area contributed by atoms with Crippen molar-refractivity contribution in [3.8, 4) is 0 Å². The molecule has 0 aliphatic rings. The fourth-order valence-electron chi connectivity index (χ4n) is 1.37. The molecule has 0 aliphatic carbocycles. The monoisotopic (exact) mass is 245 g/mol. The van der Waals surface area contributed by atoms with Crippen LogP contribution in [0, 0.1) is 17.0 Å². The number of rotatable bonds is 4. The van der Waals surface area contributed by atoms with Gasteiger partial charge in [-0.2, -0.15) is 0 Å². The SMILES string of the molecule is Cc1cc(C(O)C(O)CCl)cc([N+](=O)[O-])c1. The van der Waals surface area contributed by atoms with Gasteiger partial charge in [0.25, 0.3) is 5.69 Å². The van der Waals surface area contributed by atoms with Crippen LogP contribution < -0.4 is 0 Å². The van der Waals surface area contributed by atoms with Gasteiger partial charge in [0.2, 0.25) is 0 Å². The molecule has 0 amide bonds. The van der Waals surface area contributed by atoms with Crippen molar-refractivity contribution < 1.29 is 15.1 Å². The van der Waals surface area contributed by atoms with E-state index in [1.165, 1.54) is 12.1 Å². The van der Waals surface area contributed by atoms with Crippen LogP contribution >= 0.6 is 11.6 Å². The maximum atomic E-state index is 10.6. The summed E-state index contributed by atoms with van der Waals surface area (Å²) in [5.74, 6) is -0.136. The first-order chi connectivity index (χ1) is 7.45. The fourth-order valence-corrected chi connectivity index (χ4v) is 1.54. The molecule has 16 heavy (non-hydrogen) atoms. The Morgan fingerprint density at radius 2 is 2.06 bits per heavy atom. The molecule has 0 radical (unpaired) electrons. The molecule has 0 heterocycles. The lowest BCUT2D eigenvalue weighted by molar-refractivity contribution is -0.385. The predicted octanol–water partition coefficient (Wildman–Crippen LogP) is 1.54. The molecule has 6 heteroatoms. The molecule has 2 atom stereocenters. The van der Waals surface area contributed by atoms with Crippen molar-refractivity contribution in [2.24, 2.45) is 0 Å². The second kappa shape index (κ2) is 5.25. The number of halogens is 1. The van der Waals surface area contributed by atoms with Gasteiger partial charge in [-0.1, -0.05) is 6.07 Å². The summed E-state index contributed by atoms with van der Waals surface area (Å²) in [6.07, 6.45) is -2.35. The number of hydrogen-bond donors (Lipinski definition) is 2. The van der Waals surface area contributed by atoms with E-state index in [0.29, 0.717) is 11.1 Å². The molecule has 5 nitrogen and oxygen atoms in total. The quantitative estimate of drug-likeness (QED) is 0.479. The Bertz CT molecular complexity index is 396. The van der Waals surface area contributed by atoms with E-state index in [1.807, 2.05) is 0 Å². The highest BCUT2D eigenvalue weighted by atomic mass is 35.5. The number of non-ortho nitro benzene ring substituents is 1. The average Bonchev–Trinajstić information content (AvgIpc) is 2.26. The van der Waals surface area contributed by atoms with Gasteiger partial charge in [-0.05, 0) is 18.1 Å². The molecule has 0 spiro atoms. The molecule has 0 fully saturated rings. The van der Waals surface area contributed by atoms with Gasteiger partial charge < -0.3 is 10.2 Å². The van der Waals surface area contributed by atoms with Crippen molar-refractivity contribution in [2.75, 3.05) is 5.88 Å². The van der Waals surface area contributed by atoms with Crippen LogP contribution in [-0.2, 0) is 0 Å². The number of aliphatic hydroxyl groups is 2. The summed E-state index contributed by atoms with van der Waals surface area (Å²) in [4.78, 5) is 10.1. The van der Waals surface area contributed by atoms with E-state index < -0.39 is 17.1 Å². The number of nitro groups is 1. The van der Waals surface area contributed by atoms with Crippen LogP contribution in [0.4, 0.5) is 5.69 Å². The zero-order chi connectivity index (χ0) is 12.3. The third-order valence-electron chi connectivity index (χ3n) is 2.16. The van der Waals surface area contributed by atoms with Crippen LogP contribution in [0.15, 0.2) is 18.2 Å². The molecular weight excluding hydrogens is 234 g/mol. The molecule has 1 aromatic carbocycles. The Hall–Kier alpha value is -1.17. The number of nitrogens with zero attached hydrogens (tertiary/aromatic N) is 1. The van der Waals surface area contributed by atoms with Crippen LogP contribution in [0.25, 0.3) is 0 Å². The van der Waals surface area contributed by atoms with E-state index in [1.54, 1.807) is 13.0 Å². The minimum absolute atomic E-state index is 0.115. The van der Waals surface area contributed by atoms with Crippen LogP contribution in [0.3, 0.4) is 0 Å². The maximum absolute atomic E-state index is 10.6. The van der Waals surface area contributed by atoms with Gasteiger partial charge in [0.1, 0.15) is 6.10 Å². The van der Waals surface area contributed by atoms with Crippen molar-refractivity contribution in [1.82, 2.24) is 0 Å². The zero-order valence-corrected chi connectivity index (χ0v) is 9.39. The number of benzene rings is 1. The molecule has 88 valence electrons. The fraction of sp³-hybridized carbons (Fsp3) is 0.400. The largest absolute Gasteiger partial charge is 0.389 e.